The first kappa shape index (κ1) is 27.6. The van der Waals surface area contributed by atoms with Gasteiger partial charge in [0.15, 0.2) is 18.2 Å². The third-order valence-electron chi connectivity index (χ3n) is 10.9. The molecule has 4 fully saturated rings. The van der Waals surface area contributed by atoms with Crippen LogP contribution in [0.25, 0.3) is 0 Å². The lowest BCUT2D eigenvalue weighted by atomic mass is 9.61. The molecule has 0 bridgehead atoms. The highest BCUT2D eigenvalue weighted by Crippen LogP contribution is 2.60. The average molecular weight is 621 g/mol. The minimum atomic E-state index is -3.00. The van der Waals surface area contributed by atoms with E-state index >= 15 is 0 Å². The lowest BCUT2D eigenvalue weighted by molar-refractivity contribution is 0.0998. The molecule has 1 heterocycles. The second-order valence-electron chi connectivity index (χ2n) is 14.0. The number of rotatable bonds is 5. The SMILES string of the molecule is C[C@H](CI)[C@H]1CCC2/C(=C/C3CS(=O)(=O)C4CC[C@H](O[Si](C)(C)C(C)(C)C)CC34)CCC[C@@]21C. The van der Waals surface area contributed by atoms with E-state index in [1.165, 1.54) is 36.5 Å². The monoisotopic (exact) mass is 620 g/mol. The Morgan fingerprint density at radius 1 is 1.21 bits per heavy atom. The molecule has 1 aliphatic heterocycles. The van der Waals surface area contributed by atoms with E-state index in [4.69, 9.17) is 4.43 Å². The van der Waals surface area contributed by atoms with Crippen molar-refractivity contribution < 1.29 is 12.8 Å². The Bertz CT molecular complexity index is 892. The Morgan fingerprint density at radius 3 is 2.56 bits per heavy atom. The van der Waals surface area contributed by atoms with Gasteiger partial charge in [0, 0.05) is 10.5 Å². The Labute approximate surface area is 224 Å². The van der Waals surface area contributed by atoms with Crippen molar-refractivity contribution in [1.82, 2.24) is 0 Å². The molecular formula is C28H49IO3SSi. The van der Waals surface area contributed by atoms with E-state index in [0.717, 1.165) is 31.1 Å². The summed E-state index contributed by atoms with van der Waals surface area (Å²) in [6.45, 7) is 16.6. The van der Waals surface area contributed by atoms with Gasteiger partial charge in [-0.3, -0.25) is 0 Å². The zero-order valence-corrected chi connectivity index (χ0v) is 26.7. The summed E-state index contributed by atoms with van der Waals surface area (Å²) in [5.41, 5.74) is 2.02. The van der Waals surface area contributed by atoms with Crippen LogP contribution in [-0.4, -0.2) is 38.3 Å². The highest BCUT2D eigenvalue weighted by molar-refractivity contribution is 14.1. The summed E-state index contributed by atoms with van der Waals surface area (Å²) in [6.07, 6.45) is 11.8. The molecule has 3 nitrogen and oxygen atoms in total. The largest absolute Gasteiger partial charge is 0.414 e. The molecule has 3 aliphatic carbocycles. The summed E-state index contributed by atoms with van der Waals surface area (Å²) >= 11 is 2.57. The number of allylic oxidation sites excluding steroid dienone is 2. The van der Waals surface area contributed by atoms with E-state index < -0.39 is 18.2 Å². The van der Waals surface area contributed by atoms with Crippen LogP contribution in [0.4, 0.5) is 0 Å². The predicted octanol–water partition coefficient (Wildman–Crippen LogP) is 7.80. The van der Waals surface area contributed by atoms with Crippen molar-refractivity contribution >= 4 is 40.7 Å². The molecule has 0 spiro atoms. The minimum absolute atomic E-state index is 0.140. The quantitative estimate of drug-likeness (QED) is 0.136. The average Bonchev–Trinajstić information content (AvgIpc) is 3.20. The van der Waals surface area contributed by atoms with Gasteiger partial charge in [0.2, 0.25) is 0 Å². The van der Waals surface area contributed by atoms with Crippen molar-refractivity contribution in [2.45, 2.75) is 115 Å². The first-order chi connectivity index (χ1) is 15.7. The van der Waals surface area contributed by atoms with Crippen LogP contribution in [0.1, 0.15) is 86.0 Å². The molecule has 3 saturated carbocycles. The van der Waals surface area contributed by atoms with E-state index in [-0.39, 0.29) is 28.2 Å². The molecule has 0 N–H and O–H groups in total. The van der Waals surface area contributed by atoms with E-state index in [0.29, 0.717) is 17.1 Å². The van der Waals surface area contributed by atoms with Gasteiger partial charge in [-0.05, 0) is 105 Å². The zero-order valence-electron chi connectivity index (χ0n) is 22.7. The Kier molecular flexibility index (Phi) is 7.90. The van der Waals surface area contributed by atoms with Crippen LogP contribution in [0.3, 0.4) is 0 Å². The summed E-state index contributed by atoms with van der Waals surface area (Å²) in [7, 11) is -4.85. The van der Waals surface area contributed by atoms with Gasteiger partial charge in [0.05, 0.1) is 11.0 Å². The normalized spacial score (nSPS) is 42.4. The molecule has 0 amide bonds. The van der Waals surface area contributed by atoms with Crippen LogP contribution in [0.15, 0.2) is 11.6 Å². The third kappa shape index (κ3) is 5.01. The van der Waals surface area contributed by atoms with Crippen LogP contribution >= 0.6 is 22.6 Å². The number of fused-ring (bicyclic) bond motifs is 2. The highest BCUT2D eigenvalue weighted by atomic mass is 127. The number of alkyl halides is 1. The second kappa shape index (κ2) is 9.72. The maximum absolute atomic E-state index is 13.2. The maximum Gasteiger partial charge on any atom is 0.192 e. The lowest BCUT2D eigenvalue weighted by Gasteiger charge is -2.45. The topological polar surface area (TPSA) is 43.4 Å². The van der Waals surface area contributed by atoms with Gasteiger partial charge >= 0.3 is 0 Å². The molecule has 4 aliphatic rings. The van der Waals surface area contributed by atoms with Gasteiger partial charge in [-0.15, -0.1) is 0 Å². The zero-order chi connectivity index (χ0) is 25.1. The van der Waals surface area contributed by atoms with Crippen LogP contribution in [0, 0.1) is 35.0 Å². The Morgan fingerprint density at radius 2 is 1.91 bits per heavy atom. The van der Waals surface area contributed by atoms with Gasteiger partial charge in [-0.25, -0.2) is 8.42 Å². The fourth-order valence-corrected chi connectivity index (χ4v) is 12.5. The van der Waals surface area contributed by atoms with E-state index in [1.807, 2.05) is 0 Å². The van der Waals surface area contributed by atoms with Gasteiger partial charge in [-0.2, -0.15) is 0 Å². The third-order valence-corrected chi connectivity index (χ3v) is 19.2. The van der Waals surface area contributed by atoms with Crippen molar-refractivity contribution in [2.75, 3.05) is 10.2 Å². The Balaban J connectivity index is 1.56. The van der Waals surface area contributed by atoms with Gasteiger partial charge < -0.3 is 4.43 Å². The standard InChI is InChI=1S/C28H49IO3SSi/c1-19(17-29)24-11-12-25-20(9-8-14-28(24,25)5)15-21-18-33(30,31)26-13-10-22(16-23(21)26)32-34(6,7)27(2,3)4/h15,19,21-26H,8-14,16-18H2,1-7H3/b20-15+/t19-,21?,22+,23?,24-,25?,26?,28-/m1/s1. The molecule has 4 rings (SSSR count). The van der Waals surface area contributed by atoms with Crippen molar-refractivity contribution in [3.63, 3.8) is 0 Å². The summed E-state index contributed by atoms with van der Waals surface area (Å²) in [5, 5.41) is 0.0483. The molecular weight excluding hydrogens is 571 g/mol. The molecule has 196 valence electrons. The maximum atomic E-state index is 13.2. The molecule has 34 heavy (non-hydrogen) atoms. The summed E-state index contributed by atoms with van der Waals surface area (Å²) in [4.78, 5) is 0. The molecule has 0 radical (unpaired) electrons. The van der Waals surface area contributed by atoms with Gasteiger partial charge in [0.1, 0.15) is 0 Å². The predicted molar refractivity (Wildman–Crippen MR) is 155 cm³/mol. The smallest absolute Gasteiger partial charge is 0.192 e. The first-order valence-corrected chi connectivity index (χ1v) is 20.0. The fraction of sp³-hybridized carbons (Fsp3) is 0.929. The molecule has 1 saturated heterocycles. The number of sulfone groups is 1. The molecule has 8 atom stereocenters. The van der Waals surface area contributed by atoms with Crippen LogP contribution < -0.4 is 0 Å². The molecule has 0 aromatic rings. The molecule has 4 unspecified atom stereocenters. The second-order valence-corrected chi connectivity index (χ2v) is 21.9. The number of hydrogen-bond donors (Lipinski definition) is 0. The molecule has 0 aromatic carbocycles. The molecule has 6 heteroatoms. The summed E-state index contributed by atoms with van der Waals surface area (Å²) in [5.74, 6) is 3.07. The highest BCUT2D eigenvalue weighted by Gasteiger charge is 2.53. The van der Waals surface area contributed by atoms with Crippen LogP contribution in [0.2, 0.25) is 18.1 Å². The van der Waals surface area contributed by atoms with E-state index in [9.17, 15) is 8.42 Å². The van der Waals surface area contributed by atoms with Crippen molar-refractivity contribution in [2.24, 2.45) is 35.0 Å². The molecule has 0 aromatic heterocycles. The number of hydrogen-bond acceptors (Lipinski definition) is 3. The van der Waals surface area contributed by atoms with Gasteiger partial charge in [0.25, 0.3) is 0 Å². The summed E-state index contributed by atoms with van der Waals surface area (Å²) in [6, 6.07) is 0. The van der Waals surface area contributed by atoms with Gasteiger partial charge in [-0.1, -0.05) is 68.9 Å². The summed E-state index contributed by atoms with van der Waals surface area (Å²) < 4.78 is 34.5. The van der Waals surface area contributed by atoms with E-state index in [2.05, 4.69) is 76.4 Å². The van der Waals surface area contributed by atoms with Crippen molar-refractivity contribution in [3.05, 3.63) is 11.6 Å². The Hall–Kier alpha value is 0.597. The van der Waals surface area contributed by atoms with Crippen molar-refractivity contribution in [3.8, 4) is 0 Å². The van der Waals surface area contributed by atoms with E-state index in [1.54, 1.807) is 5.57 Å². The first-order valence-electron chi connectivity index (χ1n) is 13.9. The van der Waals surface area contributed by atoms with Crippen LogP contribution in [-0.2, 0) is 14.3 Å². The lowest BCUT2D eigenvalue weighted by Crippen LogP contribution is -2.46. The fourth-order valence-electron chi connectivity index (χ4n) is 8.02. The minimum Gasteiger partial charge on any atom is -0.414 e. The van der Waals surface area contributed by atoms with Crippen LogP contribution in [0.5, 0.6) is 0 Å². The van der Waals surface area contributed by atoms with Crippen molar-refractivity contribution in [1.29, 1.82) is 0 Å². The number of halogens is 1.